The molecule has 0 fully saturated rings. The topological polar surface area (TPSA) is 43.6 Å². The molecule has 0 N–H and O–H groups in total. The van der Waals surface area contributed by atoms with E-state index >= 15 is 0 Å². The zero-order valence-electron chi connectivity index (χ0n) is 35.5. The maximum absolute atomic E-state index is 5.45. The van der Waals surface area contributed by atoms with Gasteiger partial charge in [-0.3, -0.25) is 0 Å². The molecule has 0 bridgehead atoms. The van der Waals surface area contributed by atoms with Gasteiger partial charge in [0.2, 0.25) is 0 Å². The molecule has 11 aromatic carbocycles. The van der Waals surface area contributed by atoms with Gasteiger partial charge < -0.3 is 4.57 Å². The van der Waals surface area contributed by atoms with Crippen molar-refractivity contribution in [3.63, 3.8) is 0 Å². The molecular formula is C61H36N4S. The molecule has 0 unspecified atom stereocenters. The fraction of sp³-hybridized carbons (Fsp3) is 0. The van der Waals surface area contributed by atoms with E-state index in [2.05, 4.69) is 223 Å². The molecule has 5 heteroatoms. The van der Waals surface area contributed by atoms with Crippen LogP contribution in [0.15, 0.2) is 218 Å². The summed E-state index contributed by atoms with van der Waals surface area (Å²) in [6.07, 6.45) is 0. The van der Waals surface area contributed by atoms with Crippen LogP contribution in [0.3, 0.4) is 0 Å². The Kier molecular flexibility index (Phi) is 8.12. The number of hydrogen-bond donors (Lipinski definition) is 0. The van der Waals surface area contributed by atoms with Crippen LogP contribution in [-0.2, 0) is 0 Å². The zero-order valence-corrected chi connectivity index (χ0v) is 36.3. The van der Waals surface area contributed by atoms with Crippen molar-refractivity contribution in [1.29, 1.82) is 0 Å². The van der Waals surface area contributed by atoms with Crippen LogP contribution in [0.2, 0.25) is 0 Å². The van der Waals surface area contributed by atoms with Crippen molar-refractivity contribution in [2.75, 3.05) is 0 Å². The van der Waals surface area contributed by atoms with Gasteiger partial charge in [0.15, 0.2) is 17.5 Å². The first-order chi connectivity index (χ1) is 32.7. The van der Waals surface area contributed by atoms with Gasteiger partial charge in [0, 0.05) is 53.3 Å². The van der Waals surface area contributed by atoms with Crippen LogP contribution in [0.5, 0.6) is 0 Å². The maximum atomic E-state index is 5.45. The van der Waals surface area contributed by atoms with Gasteiger partial charge in [0.1, 0.15) is 0 Å². The molecule has 0 atom stereocenters. The minimum absolute atomic E-state index is 0.618. The summed E-state index contributed by atoms with van der Waals surface area (Å²) in [5.74, 6) is 1.89. The van der Waals surface area contributed by atoms with Crippen molar-refractivity contribution >= 4 is 96.4 Å². The molecule has 0 aliphatic heterocycles. The highest BCUT2D eigenvalue weighted by Crippen LogP contribution is 2.43. The lowest BCUT2D eigenvalue weighted by molar-refractivity contribution is 1.08. The first-order valence-corrected chi connectivity index (χ1v) is 23.2. The molecule has 0 aliphatic carbocycles. The van der Waals surface area contributed by atoms with Gasteiger partial charge in [0.25, 0.3) is 0 Å². The molecule has 14 rings (SSSR count). The van der Waals surface area contributed by atoms with Crippen LogP contribution in [0.25, 0.3) is 136 Å². The van der Waals surface area contributed by atoms with Crippen molar-refractivity contribution < 1.29 is 0 Å². The SMILES string of the molecule is c1ccc2cc3c(cc2c1)c1c2ccccc2ccc1n3-c1ccc(-c2nc(-c3cccc4ccccc34)nc(-c3cccc4ccccc34)n2)c(-c2ccc3sc4ccccc4c3c2)c1. The average Bonchev–Trinajstić information content (AvgIpc) is 3.92. The van der Waals surface area contributed by atoms with E-state index in [1.54, 1.807) is 0 Å². The summed E-state index contributed by atoms with van der Waals surface area (Å²) in [6, 6.07) is 78.8. The Morgan fingerprint density at radius 2 is 0.848 bits per heavy atom. The second-order valence-electron chi connectivity index (χ2n) is 17.1. The molecule has 3 aromatic heterocycles. The molecule has 306 valence electrons. The number of thiophene rings is 1. The Morgan fingerprint density at radius 3 is 1.55 bits per heavy atom. The summed E-state index contributed by atoms with van der Waals surface area (Å²) < 4.78 is 4.99. The van der Waals surface area contributed by atoms with E-state index in [9.17, 15) is 0 Å². The van der Waals surface area contributed by atoms with E-state index in [0.717, 1.165) is 66.1 Å². The lowest BCUT2D eigenvalue weighted by Crippen LogP contribution is -2.03. The predicted molar refractivity (Wildman–Crippen MR) is 279 cm³/mol. The molecule has 0 amide bonds. The minimum atomic E-state index is 0.618. The fourth-order valence-corrected chi connectivity index (χ4v) is 11.4. The van der Waals surface area contributed by atoms with Crippen molar-refractivity contribution in [2.45, 2.75) is 0 Å². The molecule has 66 heavy (non-hydrogen) atoms. The molecule has 14 aromatic rings. The van der Waals surface area contributed by atoms with E-state index in [1.807, 2.05) is 11.3 Å². The molecular weight excluding hydrogens is 821 g/mol. The molecule has 0 saturated carbocycles. The zero-order chi connectivity index (χ0) is 43.3. The van der Waals surface area contributed by atoms with Crippen LogP contribution in [0.4, 0.5) is 0 Å². The lowest BCUT2D eigenvalue weighted by Gasteiger charge is -2.16. The third-order valence-corrected chi connectivity index (χ3v) is 14.6. The number of aromatic nitrogens is 4. The van der Waals surface area contributed by atoms with E-state index in [0.29, 0.717) is 17.5 Å². The number of rotatable bonds is 5. The summed E-state index contributed by atoms with van der Waals surface area (Å²) in [4.78, 5) is 16.2. The monoisotopic (exact) mass is 856 g/mol. The van der Waals surface area contributed by atoms with Gasteiger partial charge >= 0.3 is 0 Å². The molecule has 0 spiro atoms. The second-order valence-corrected chi connectivity index (χ2v) is 18.2. The molecule has 0 radical (unpaired) electrons. The van der Waals surface area contributed by atoms with Gasteiger partial charge in [0.05, 0.1) is 11.0 Å². The van der Waals surface area contributed by atoms with Crippen LogP contribution in [0, 0.1) is 0 Å². The van der Waals surface area contributed by atoms with Gasteiger partial charge in [-0.1, -0.05) is 164 Å². The van der Waals surface area contributed by atoms with Gasteiger partial charge in [-0.15, -0.1) is 11.3 Å². The quantitative estimate of drug-likeness (QED) is 0.173. The van der Waals surface area contributed by atoms with Crippen molar-refractivity contribution in [2.24, 2.45) is 0 Å². The minimum Gasteiger partial charge on any atom is -0.309 e. The third kappa shape index (κ3) is 5.74. The van der Waals surface area contributed by atoms with Gasteiger partial charge in [-0.2, -0.15) is 0 Å². The highest BCUT2D eigenvalue weighted by Gasteiger charge is 2.22. The Hall–Kier alpha value is -8.51. The Labute approximate surface area is 383 Å². The molecule has 0 aliphatic rings. The number of fused-ring (bicyclic) bond motifs is 11. The van der Waals surface area contributed by atoms with Gasteiger partial charge in [-0.25, -0.2) is 15.0 Å². The molecule has 0 saturated heterocycles. The van der Waals surface area contributed by atoms with Crippen LogP contribution < -0.4 is 0 Å². The van der Waals surface area contributed by atoms with E-state index in [1.165, 1.54) is 52.5 Å². The summed E-state index contributed by atoms with van der Waals surface area (Å²) in [5.41, 5.74) is 8.38. The van der Waals surface area contributed by atoms with E-state index < -0.39 is 0 Å². The van der Waals surface area contributed by atoms with E-state index in [4.69, 9.17) is 15.0 Å². The molecule has 3 heterocycles. The summed E-state index contributed by atoms with van der Waals surface area (Å²) >= 11 is 1.84. The summed E-state index contributed by atoms with van der Waals surface area (Å²) in [6.45, 7) is 0. The fourth-order valence-electron chi connectivity index (χ4n) is 10.3. The first kappa shape index (κ1) is 36.9. The highest BCUT2D eigenvalue weighted by molar-refractivity contribution is 7.25. The summed E-state index contributed by atoms with van der Waals surface area (Å²) in [7, 11) is 0. The molecule has 4 nitrogen and oxygen atoms in total. The van der Waals surface area contributed by atoms with Crippen molar-refractivity contribution in [3.05, 3.63) is 218 Å². The van der Waals surface area contributed by atoms with Crippen molar-refractivity contribution in [1.82, 2.24) is 19.5 Å². The third-order valence-electron chi connectivity index (χ3n) is 13.4. The number of nitrogens with zero attached hydrogens (tertiary/aromatic N) is 4. The second kappa shape index (κ2) is 14.5. The van der Waals surface area contributed by atoms with Crippen LogP contribution in [0.1, 0.15) is 0 Å². The lowest BCUT2D eigenvalue weighted by atomic mass is 9.96. The normalized spacial score (nSPS) is 11.9. The van der Waals surface area contributed by atoms with Gasteiger partial charge in [-0.05, 0) is 109 Å². The van der Waals surface area contributed by atoms with E-state index in [-0.39, 0.29) is 0 Å². The smallest absolute Gasteiger partial charge is 0.164 e. The van der Waals surface area contributed by atoms with Crippen molar-refractivity contribution in [3.8, 4) is 51.0 Å². The highest BCUT2D eigenvalue weighted by atomic mass is 32.1. The standard InChI is InChI=1S/C61H36N4S/c1-2-17-41-35-55-53(33-40(41)16-1)58-46-22-8-5-15-39(46)27-31-54(58)65(55)43-29-30-50(51(36-43)42-28-32-57-52(34-42)47-23-9-10-26-56(47)66-57)61-63-59(48-24-11-18-37-13-3-6-20-44(37)48)62-60(64-61)49-25-12-19-38-14-4-7-21-45(38)49/h1-36H. The van der Waals surface area contributed by atoms with Crippen LogP contribution >= 0.6 is 11.3 Å². The summed E-state index contributed by atoms with van der Waals surface area (Å²) in [5, 5.41) is 14.3. The first-order valence-electron chi connectivity index (χ1n) is 22.3. The Balaban J connectivity index is 1.08. The maximum Gasteiger partial charge on any atom is 0.164 e. The number of hydrogen-bond acceptors (Lipinski definition) is 4. The largest absolute Gasteiger partial charge is 0.309 e. The van der Waals surface area contributed by atoms with Crippen LogP contribution in [-0.4, -0.2) is 19.5 Å². The predicted octanol–water partition coefficient (Wildman–Crippen LogP) is 16.6. The Morgan fingerprint density at radius 1 is 0.303 bits per heavy atom. The average molecular weight is 857 g/mol. The Bertz CT molecular complexity index is 4200. The number of benzene rings is 11.